The lowest BCUT2D eigenvalue weighted by atomic mass is 10.3. The SMILES string of the molecule is CC(C)(C)S(=O)/N=C\c1nc(Br)ccc1Br. The molecule has 0 radical (unpaired) electrons. The van der Waals surface area contributed by atoms with Crippen molar-refractivity contribution in [2.75, 3.05) is 0 Å². The topological polar surface area (TPSA) is 42.3 Å². The van der Waals surface area contributed by atoms with E-state index in [1.54, 1.807) is 0 Å². The van der Waals surface area contributed by atoms with Crippen LogP contribution >= 0.6 is 31.9 Å². The number of halogens is 2. The van der Waals surface area contributed by atoms with Gasteiger partial charge in [0.2, 0.25) is 0 Å². The largest absolute Gasteiger partial charge is 0.239 e. The minimum Gasteiger partial charge on any atom is -0.239 e. The minimum absolute atomic E-state index is 0.352. The molecule has 0 spiro atoms. The van der Waals surface area contributed by atoms with Crippen LogP contribution in [0.25, 0.3) is 0 Å². The first kappa shape index (κ1) is 14.0. The summed E-state index contributed by atoms with van der Waals surface area (Å²) >= 11 is 6.63. The smallest absolute Gasteiger partial charge is 0.144 e. The molecule has 6 heteroatoms. The zero-order chi connectivity index (χ0) is 12.3. The predicted molar refractivity (Wildman–Crippen MR) is 75.1 cm³/mol. The van der Waals surface area contributed by atoms with E-state index in [1.165, 1.54) is 6.21 Å². The lowest BCUT2D eigenvalue weighted by Gasteiger charge is -2.12. The molecule has 0 saturated heterocycles. The van der Waals surface area contributed by atoms with Crippen LogP contribution in [0.1, 0.15) is 26.5 Å². The molecule has 1 atom stereocenters. The summed E-state index contributed by atoms with van der Waals surface area (Å²) in [5.74, 6) is 0. The Morgan fingerprint density at radius 2 is 2.00 bits per heavy atom. The van der Waals surface area contributed by atoms with E-state index in [4.69, 9.17) is 0 Å². The molecule has 0 saturated carbocycles. The molecule has 1 heterocycles. The second-order valence-corrected chi connectivity index (χ2v) is 7.70. The molecular formula is C10H12Br2N2OS. The molecule has 16 heavy (non-hydrogen) atoms. The molecule has 0 N–H and O–H groups in total. The third-order valence-corrected chi connectivity index (χ3v) is 4.09. The fourth-order valence-electron chi connectivity index (χ4n) is 0.779. The van der Waals surface area contributed by atoms with Crippen molar-refractivity contribution in [3.63, 3.8) is 0 Å². The molecule has 0 aliphatic rings. The summed E-state index contributed by atoms with van der Waals surface area (Å²) in [6.45, 7) is 5.64. The third-order valence-electron chi connectivity index (χ3n) is 1.63. The van der Waals surface area contributed by atoms with Crippen LogP contribution in [-0.2, 0) is 11.0 Å². The van der Waals surface area contributed by atoms with Crippen molar-refractivity contribution in [2.45, 2.75) is 25.5 Å². The monoisotopic (exact) mass is 366 g/mol. The van der Waals surface area contributed by atoms with E-state index in [-0.39, 0.29) is 4.75 Å². The van der Waals surface area contributed by atoms with Gasteiger partial charge in [-0.2, -0.15) is 4.40 Å². The first-order valence-electron chi connectivity index (χ1n) is 4.59. The summed E-state index contributed by atoms with van der Waals surface area (Å²) in [5, 5.41) is 0. The van der Waals surface area contributed by atoms with Gasteiger partial charge in [-0.05, 0) is 64.8 Å². The van der Waals surface area contributed by atoms with Crippen molar-refractivity contribution >= 4 is 49.1 Å². The van der Waals surface area contributed by atoms with Crippen LogP contribution in [0.2, 0.25) is 0 Å². The highest BCUT2D eigenvalue weighted by Crippen LogP contribution is 2.17. The van der Waals surface area contributed by atoms with Crippen LogP contribution in [0.3, 0.4) is 0 Å². The van der Waals surface area contributed by atoms with E-state index in [0.717, 1.165) is 9.08 Å². The van der Waals surface area contributed by atoms with Crippen LogP contribution in [0.5, 0.6) is 0 Å². The predicted octanol–water partition coefficient (Wildman–Crippen LogP) is 3.49. The highest BCUT2D eigenvalue weighted by Gasteiger charge is 2.18. The molecule has 0 aliphatic carbocycles. The second kappa shape index (κ2) is 5.51. The van der Waals surface area contributed by atoms with E-state index < -0.39 is 11.0 Å². The molecular weight excluding hydrogens is 356 g/mol. The van der Waals surface area contributed by atoms with Crippen molar-refractivity contribution in [1.82, 2.24) is 4.98 Å². The number of hydrogen-bond donors (Lipinski definition) is 0. The van der Waals surface area contributed by atoms with Crippen LogP contribution in [0.4, 0.5) is 0 Å². The maximum absolute atomic E-state index is 11.7. The quantitative estimate of drug-likeness (QED) is 0.593. The fraction of sp³-hybridized carbons (Fsp3) is 0.400. The molecule has 0 amide bonds. The third kappa shape index (κ3) is 4.07. The molecule has 0 aliphatic heterocycles. The van der Waals surface area contributed by atoms with E-state index >= 15 is 0 Å². The van der Waals surface area contributed by atoms with Gasteiger partial charge in [-0.3, -0.25) is 0 Å². The second-order valence-electron chi connectivity index (χ2n) is 4.10. The van der Waals surface area contributed by atoms with Crippen molar-refractivity contribution < 1.29 is 4.21 Å². The van der Waals surface area contributed by atoms with Gasteiger partial charge in [0.1, 0.15) is 15.6 Å². The summed E-state index contributed by atoms with van der Waals surface area (Å²) in [6, 6.07) is 3.68. The molecule has 0 aromatic carbocycles. The van der Waals surface area contributed by atoms with E-state index in [2.05, 4.69) is 41.2 Å². The summed E-state index contributed by atoms with van der Waals surface area (Å²) in [5.41, 5.74) is 0.659. The Balaban J connectivity index is 2.93. The van der Waals surface area contributed by atoms with Crippen molar-refractivity contribution in [3.8, 4) is 0 Å². The molecule has 1 unspecified atom stereocenters. The Morgan fingerprint density at radius 3 is 2.56 bits per heavy atom. The molecule has 1 aromatic heterocycles. The first-order valence-corrected chi connectivity index (χ1v) is 7.28. The number of nitrogens with zero attached hydrogens (tertiary/aromatic N) is 2. The van der Waals surface area contributed by atoms with Crippen LogP contribution in [-0.4, -0.2) is 20.2 Å². The number of hydrogen-bond acceptors (Lipinski definition) is 2. The molecule has 3 nitrogen and oxygen atoms in total. The molecule has 0 bridgehead atoms. The van der Waals surface area contributed by atoms with Crippen molar-refractivity contribution in [2.24, 2.45) is 4.40 Å². The Bertz CT molecular complexity index is 441. The Hall–Kier alpha value is -0.0700. The lowest BCUT2D eigenvalue weighted by molar-refractivity contribution is 0.651. The Morgan fingerprint density at radius 1 is 1.38 bits per heavy atom. The van der Waals surface area contributed by atoms with Gasteiger partial charge in [0.15, 0.2) is 0 Å². The minimum atomic E-state index is -1.26. The van der Waals surface area contributed by atoms with Gasteiger partial charge in [0.05, 0.1) is 16.7 Å². The number of pyridine rings is 1. The van der Waals surface area contributed by atoms with Crippen LogP contribution < -0.4 is 0 Å². The average Bonchev–Trinajstić information content (AvgIpc) is 2.17. The molecule has 0 fully saturated rings. The maximum Gasteiger partial charge on any atom is 0.144 e. The summed E-state index contributed by atoms with van der Waals surface area (Å²) in [6.07, 6.45) is 1.52. The van der Waals surface area contributed by atoms with Gasteiger partial charge >= 0.3 is 0 Å². The van der Waals surface area contributed by atoms with E-state index in [9.17, 15) is 4.21 Å². The lowest BCUT2D eigenvalue weighted by Crippen LogP contribution is -2.19. The van der Waals surface area contributed by atoms with Crippen molar-refractivity contribution in [1.29, 1.82) is 0 Å². The van der Waals surface area contributed by atoms with E-state index in [1.807, 2.05) is 32.9 Å². The summed E-state index contributed by atoms with van der Waals surface area (Å²) in [7, 11) is -1.26. The van der Waals surface area contributed by atoms with Crippen LogP contribution in [0.15, 0.2) is 25.6 Å². The van der Waals surface area contributed by atoms with Gasteiger partial charge < -0.3 is 0 Å². The Kier molecular flexibility index (Phi) is 4.82. The number of rotatable bonds is 2. The summed E-state index contributed by atoms with van der Waals surface area (Å²) in [4.78, 5) is 4.21. The van der Waals surface area contributed by atoms with Gasteiger partial charge in [-0.25, -0.2) is 9.19 Å². The average molecular weight is 368 g/mol. The number of aromatic nitrogens is 1. The maximum atomic E-state index is 11.7. The first-order chi connectivity index (χ1) is 7.30. The van der Waals surface area contributed by atoms with Crippen LogP contribution in [0, 0.1) is 0 Å². The highest BCUT2D eigenvalue weighted by atomic mass is 79.9. The summed E-state index contributed by atoms with van der Waals surface area (Å²) < 4.78 is 16.9. The van der Waals surface area contributed by atoms with Gasteiger partial charge in [-0.1, -0.05) is 0 Å². The normalized spacial score (nSPS) is 14.3. The zero-order valence-electron chi connectivity index (χ0n) is 9.20. The molecule has 1 rings (SSSR count). The molecule has 1 aromatic rings. The van der Waals surface area contributed by atoms with Gasteiger partial charge in [-0.15, -0.1) is 0 Å². The van der Waals surface area contributed by atoms with Crippen molar-refractivity contribution in [3.05, 3.63) is 26.9 Å². The molecule has 88 valence electrons. The Labute approximate surface area is 115 Å². The zero-order valence-corrected chi connectivity index (χ0v) is 13.2. The highest BCUT2D eigenvalue weighted by molar-refractivity contribution is 9.11. The fourth-order valence-corrected chi connectivity index (χ4v) is 1.94. The standard InChI is InChI=1S/C10H12Br2N2OS/c1-10(2,3)16(15)13-6-8-7(11)4-5-9(12)14-8/h4-6H,1-3H3/b13-6-. The van der Waals surface area contributed by atoms with Gasteiger partial charge in [0.25, 0.3) is 0 Å². The van der Waals surface area contributed by atoms with E-state index in [0.29, 0.717) is 5.69 Å². The van der Waals surface area contributed by atoms with Gasteiger partial charge in [0, 0.05) is 4.47 Å².